The van der Waals surface area contributed by atoms with Crippen LogP contribution >= 0.6 is 0 Å². The van der Waals surface area contributed by atoms with Crippen LogP contribution < -0.4 is 4.90 Å². The van der Waals surface area contributed by atoms with Crippen molar-refractivity contribution < 1.29 is 9.53 Å². The van der Waals surface area contributed by atoms with Gasteiger partial charge in [0.15, 0.2) is 5.78 Å². The molecule has 0 aliphatic heterocycles. The lowest BCUT2D eigenvalue weighted by molar-refractivity contribution is -0.140. The fourth-order valence-electron chi connectivity index (χ4n) is 2.01. The van der Waals surface area contributed by atoms with Crippen LogP contribution in [0.4, 0.5) is 5.69 Å². The highest BCUT2D eigenvalue weighted by Crippen LogP contribution is 2.17. The van der Waals surface area contributed by atoms with Gasteiger partial charge in [-0.05, 0) is 38.3 Å². The molecule has 1 aromatic rings. The highest BCUT2D eigenvalue weighted by Gasteiger charge is 2.27. The number of ether oxygens (including phenoxy) is 1. The van der Waals surface area contributed by atoms with Gasteiger partial charge in [0.1, 0.15) is 5.60 Å². The summed E-state index contributed by atoms with van der Waals surface area (Å²) >= 11 is 0. The third-order valence-corrected chi connectivity index (χ3v) is 3.70. The van der Waals surface area contributed by atoms with Gasteiger partial charge >= 0.3 is 0 Å². The summed E-state index contributed by atoms with van der Waals surface area (Å²) in [5, 5.41) is 0. The zero-order chi connectivity index (χ0) is 15.9. The summed E-state index contributed by atoms with van der Waals surface area (Å²) in [5.74, 6) is 0.758. The molecule has 0 amide bonds. The zero-order valence-corrected chi connectivity index (χ0v) is 14.1. The Hall–Kier alpha value is -1.35. The first-order chi connectivity index (χ1) is 9.83. The summed E-state index contributed by atoms with van der Waals surface area (Å²) in [6.45, 7) is 9.42. The molecule has 0 fully saturated rings. The van der Waals surface area contributed by atoms with Gasteiger partial charge in [-0.3, -0.25) is 4.79 Å². The molecule has 0 N–H and O–H groups in total. The first-order valence-corrected chi connectivity index (χ1v) is 7.76. The lowest BCUT2D eigenvalue weighted by Crippen LogP contribution is -2.37. The Kier molecular flexibility index (Phi) is 6.90. The summed E-state index contributed by atoms with van der Waals surface area (Å²) < 4.78 is 5.77. The van der Waals surface area contributed by atoms with Crippen LogP contribution in [-0.4, -0.2) is 31.6 Å². The normalized spacial score (nSPS) is 11.7. The van der Waals surface area contributed by atoms with Gasteiger partial charge in [0.25, 0.3) is 0 Å². The van der Waals surface area contributed by atoms with Crippen molar-refractivity contribution >= 4 is 11.5 Å². The molecule has 0 aromatic heterocycles. The number of para-hydroxylation sites is 1. The standard InChI is InChI=1S/C18H29NO2/c1-15(2)12-14-21-18(3,4)17(20)11-13-19(5)16-9-7-6-8-10-16/h6-10,15H,11-14H2,1-5H3. The average molecular weight is 291 g/mol. The minimum atomic E-state index is -0.688. The summed E-state index contributed by atoms with van der Waals surface area (Å²) in [5.41, 5.74) is 0.440. The van der Waals surface area contributed by atoms with E-state index in [1.807, 2.05) is 39.1 Å². The molecule has 0 saturated carbocycles. The van der Waals surface area contributed by atoms with E-state index in [-0.39, 0.29) is 5.78 Å². The molecule has 3 heteroatoms. The minimum absolute atomic E-state index is 0.161. The molecule has 0 saturated heterocycles. The number of hydrogen-bond acceptors (Lipinski definition) is 3. The molecule has 0 unspecified atom stereocenters. The highest BCUT2D eigenvalue weighted by molar-refractivity contribution is 5.86. The lowest BCUT2D eigenvalue weighted by Gasteiger charge is -2.26. The van der Waals surface area contributed by atoms with E-state index in [0.29, 0.717) is 25.5 Å². The first kappa shape index (κ1) is 17.7. The number of ketones is 1. The number of carbonyl (C=O) groups excluding carboxylic acids is 1. The van der Waals surface area contributed by atoms with E-state index in [1.54, 1.807) is 0 Å². The minimum Gasteiger partial charge on any atom is -0.374 e. The second-order valence-corrected chi connectivity index (χ2v) is 6.47. The Morgan fingerprint density at radius 3 is 2.43 bits per heavy atom. The molecule has 0 spiro atoms. The van der Waals surface area contributed by atoms with Crippen LogP contribution in [0, 0.1) is 5.92 Å². The monoisotopic (exact) mass is 291 g/mol. The van der Waals surface area contributed by atoms with Gasteiger partial charge < -0.3 is 9.64 Å². The summed E-state index contributed by atoms with van der Waals surface area (Å²) in [6, 6.07) is 10.1. The van der Waals surface area contributed by atoms with Crippen molar-refractivity contribution in [3.05, 3.63) is 30.3 Å². The molecule has 0 aliphatic carbocycles. The van der Waals surface area contributed by atoms with Crippen molar-refractivity contribution in [2.45, 2.75) is 46.1 Å². The van der Waals surface area contributed by atoms with Gasteiger partial charge in [-0.25, -0.2) is 0 Å². The van der Waals surface area contributed by atoms with Gasteiger partial charge in [0, 0.05) is 32.3 Å². The van der Waals surface area contributed by atoms with Crippen LogP contribution in [0.1, 0.15) is 40.5 Å². The highest BCUT2D eigenvalue weighted by atomic mass is 16.5. The Bertz CT molecular complexity index is 426. The van der Waals surface area contributed by atoms with Crippen molar-refractivity contribution in [3.8, 4) is 0 Å². The number of nitrogens with zero attached hydrogens (tertiary/aromatic N) is 1. The lowest BCUT2D eigenvalue weighted by atomic mass is 10.00. The smallest absolute Gasteiger partial charge is 0.165 e. The number of benzene rings is 1. The van der Waals surface area contributed by atoms with E-state index in [9.17, 15) is 4.79 Å². The van der Waals surface area contributed by atoms with Crippen LogP contribution in [0.25, 0.3) is 0 Å². The number of hydrogen-bond donors (Lipinski definition) is 0. The van der Waals surface area contributed by atoms with Gasteiger partial charge in [0.05, 0.1) is 0 Å². The van der Waals surface area contributed by atoms with Crippen LogP contribution in [-0.2, 0) is 9.53 Å². The van der Waals surface area contributed by atoms with Crippen molar-refractivity contribution in [2.24, 2.45) is 5.92 Å². The topological polar surface area (TPSA) is 29.5 Å². The molecule has 3 nitrogen and oxygen atoms in total. The molecule has 0 heterocycles. The Morgan fingerprint density at radius 1 is 1.24 bits per heavy atom. The van der Waals surface area contributed by atoms with Crippen LogP contribution in [0.3, 0.4) is 0 Å². The average Bonchev–Trinajstić information content (AvgIpc) is 2.44. The molecule has 0 radical (unpaired) electrons. The first-order valence-electron chi connectivity index (χ1n) is 7.76. The van der Waals surface area contributed by atoms with E-state index >= 15 is 0 Å². The van der Waals surface area contributed by atoms with Crippen molar-refractivity contribution in [3.63, 3.8) is 0 Å². The van der Waals surface area contributed by atoms with Gasteiger partial charge in [-0.15, -0.1) is 0 Å². The number of Topliss-reactive ketones (excluding diaryl/α,β-unsaturated/α-hetero) is 1. The van der Waals surface area contributed by atoms with Crippen molar-refractivity contribution in [1.82, 2.24) is 0 Å². The maximum atomic E-state index is 12.3. The van der Waals surface area contributed by atoms with E-state index in [0.717, 1.165) is 12.1 Å². The fraction of sp³-hybridized carbons (Fsp3) is 0.611. The van der Waals surface area contributed by atoms with E-state index < -0.39 is 5.60 Å². The summed E-state index contributed by atoms with van der Waals surface area (Å²) in [7, 11) is 2.01. The molecular formula is C18H29NO2. The molecule has 0 atom stereocenters. The molecule has 1 rings (SSSR count). The Balaban J connectivity index is 2.41. The van der Waals surface area contributed by atoms with Crippen molar-refractivity contribution in [2.75, 3.05) is 25.1 Å². The maximum absolute atomic E-state index is 12.3. The third-order valence-electron chi connectivity index (χ3n) is 3.70. The second kappa shape index (κ2) is 8.18. The van der Waals surface area contributed by atoms with Gasteiger partial charge in [-0.2, -0.15) is 0 Å². The number of anilines is 1. The molecule has 118 valence electrons. The van der Waals surface area contributed by atoms with Crippen molar-refractivity contribution in [1.29, 1.82) is 0 Å². The second-order valence-electron chi connectivity index (χ2n) is 6.47. The van der Waals surface area contributed by atoms with Crippen LogP contribution in [0.5, 0.6) is 0 Å². The summed E-state index contributed by atoms with van der Waals surface area (Å²) in [4.78, 5) is 14.4. The van der Waals surface area contributed by atoms with E-state index in [4.69, 9.17) is 4.74 Å². The number of carbonyl (C=O) groups is 1. The van der Waals surface area contributed by atoms with Crippen LogP contribution in [0.15, 0.2) is 30.3 Å². The van der Waals surface area contributed by atoms with Gasteiger partial charge in [-0.1, -0.05) is 32.0 Å². The largest absolute Gasteiger partial charge is 0.374 e. The zero-order valence-electron chi connectivity index (χ0n) is 14.1. The predicted molar refractivity (Wildman–Crippen MR) is 88.8 cm³/mol. The Morgan fingerprint density at radius 2 is 1.86 bits per heavy atom. The predicted octanol–water partition coefficient (Wildman–Crippen LogP) is 3.92. The third kappa shape index (κ3) is 6.30. The van der Waals surface area contributed by atoms with Gasteiger partial charge in [0.2, 0.25) is 0 Å². The molecular weight excluding hydrogens is 262 g/mol. The SMILES string of the molecule is CC(C)CCOC(C)(C)C(=O)CCN(C)c1ccccc1. The quantitative estimate of drug-likeness (QED) is 0.690. The molecule has 1 aromatic carbocycles. The molecule has 21 heavy (non-hydrogen) atoms. The Labute approximate surface area is 129 Å². The maximum Gasteiger partial charge on any atom is 0.165 e. The molecule has 0 bridgehead atoms. The fourth-order valence-corrected chi connectivity index (χ4v) is 2.01. The molecule has 0 aliphatic rings. The van der Waals surface area contributed by atoms with E-state index in [2.05, 4.69) is 30.9 Å². The number of rotatable bonds is 9. The summed E-state index contributed by atoms with van der Waals surface area (Å²) in [6.07, 6.45) is 1.49. The van der Waals surface area contributed by atoms with E-state index in [1.165, 1.54) is 0 Å². The van der Waals surface area contributed by atoms with Crippen LogP contribution in [0.2, 0.25) is 0 Å².